The smallest absolute Gasteiger partial charge is 0.182 e. The van der Waals surface area contributed by atoms with Gasteiger partial charge in [-0.3, -0.25) is 4.98 Å². The summed E-state index contributed by atoms with van der Waals surface area (Å²) in [6.07, 6.45) is 0. The number of tetrazole rings is 1. The number of nitrogens with one attached hydrogen (secondary N) is 1. The van der Waals surface area contributed by atoms with Crippen molar-refractivity contribution >= 4 is 0 Å². The highest BCUT2D eigenvalue weighted by Gasteiger charge is 2.12. The maximum atomic E-state index is 6.01. The highest BCUT2D eigenvalue weighted by molar-refractivity contribution is 5.80. The van der Waals surface area contributed by atoms with E-state index in [1.807, 2.05) is 38.1 Å². The molecule has 2 aromatic carbocycles. The third-order valence-electron chi connectivity index (χ3n) is 4.63. The molecule has 0 bridgehead atoms. The maximum Gasteiger partial charge on any atom is 0.182 e. The fraction of sp³-hybridized carbons (Fsp3) is 0.182. The maximum absolute atomic E-state index is 6.01. The fourth-order valence-electron chi connectivity index (χ4n) is 3.29. The number of benzene rings is 2. The minimum Gasteiger partial charge on any atom is -0.491 e. The second-order valence-corrected chi connectivity index (χ2v) is 6.66. The predicted molar refractivity (Wildman–Crippen MR) is 110 cm³/mol. The molecule has 0 aliphatic rings. The van der Waals surface area contributed by atoms with Gasteiger partial charge in [-0.2, -0.15) is 0 Å². The largest absolute Gasteiger partial charge is 0.491 e. The van der Waals surface area contributed by atoms with Crippen molar-refractivity contribution < 1.29 is 9.47 Å². The van der Waals surface area contributed by atoms with Gasteiger partial charge >= 0.3 is 0 Å². The average molecular weight is 387 g/mol. The first-order valence-electron chi connectivity index (χ1n) is 9.23. The number of hydrogen-bond acceptors (Lipinski definition) is 6. The van der Waals surface area contributed by atoms with E-state index in [0.717, 1.165) is 33.6 Å². The van der Waals surface area contributed by atoms with E-state index in [4.69, 9.17) is 9.47 Å². The van der Waals surface area contributed by atoms with Crippen molar-refractivity contribution in [3.05, 3.63) is 71.5 Å². The van der Waals surface area contributed by atoms with Crippen molar-refractivity contribution in [2.45, 2.75) is 20.5 Å². The molecule has 2 aromatic heterocycles. The normalized spacial score (nSPS) is 10.7. The van der Waals surface area contributed by atoms with E-state index in [2.05, 4.69) is 55.9 Å². The number of rotatable bonds is 6. The number of H-pyrrole nitrogens is 1. The van der Waals surface area contributed by atoms with Crippen LogP contribution in [0.4, 0.5) is 0 Å². The van der Waals surface area contributed by atoms with Gasteiger partial charge in [0.2, 0.25) is 0 Å². The van der Waals surface area contributed by atoms with Crippen LogP contribution in [-0.2, 0) is 6.61 Å². The summed E-state index contributed by atoms with van der Waals surface area (Å²) in [5, 5.41) is 14.2. The molecule has 146 valence electrons. The van der Waals surface area contributed by atoms with E-state index in [-0.39, 0.29) is 0 Å². The Morgan fingerprint density at radius 3 is 2.41 bits per heavy atom. The Labute approximate surface area is 168 Å². The summed E-state index contributed by atoms with van der Waals surface area (Å²) >= 11 is 0. The Morgan fingerprint density at radius 2 is 1.72 bits per heavy atom. The average Bonchev–Trinajstić information content (AvgIpc) is 3.27. The third kappa shape index (κ3) is 3.94. The van der Waals surface area contributed by atoms with Crippen molar-refractivity contribution in [2.75, 3.05) is 7.11 Å². The summed E-state index contributed by atoms with van der Waals surface area (Å²) in [5.74, 6) is 2.01. The zero-order chi connectivity index (χ0) is 20.2. The van der Waals surface area contributed by atoms with Crippen LogP contribution in [-0.4, -0.2) is 32.7 Å². The molecule has 2 heterocycles. The van der Waals surface area contributed by atoms with Crippen molar-refractivity contribution in [3.63, 3.8) is 0 Å². The van der Waals surface area contributed by atoms with Crippen LogP contribution in [0.5, 0.6) is 11.5 Å². The molecule has 0 fully saturated rings. The highest BCUT2D eigenvalue weighted by atomic mass is 16.5. The van der Waals surface area contributed by atoms with E-state index >= 15 is 0 Å². The molecular formula is C22H21N5O2. The lowest BCUT2D eigenvalue weighted by atomic mass is 9.98. The van der Waals surface area contributed by atoms with E-state index in [1.165, 1.54) is 0 Å². The lowest BCUT2D eigenvalue weighted by Gasteiger charge is -2.14. The number of aromatic nitrogens is 5. The molecular weight excluding hydrogens is 366 g/mol. The molecule has 4 rings (SSSR count). The predicted octanol–water partition coefficient (Wildman–Crippen LogP) is 4.13. The quantitative estimate of drug-likeness (QED) is 0.535. The molecule has 4 aromatic rings. The molecule has 0 unspecified atom stereocenters. The Kier molecular flexibility index (Phi) is 5.20. The number of hydrogen-bond donors (Lipinski definition) is 1. The van der Waals surface area contributed by atoms with Gasteiger partial charge in [0.05, 0.1) is 12.8 Å². The molecule has 0 saturated heterocycles. The third-order valence-corrected chi connectivity index (χ3v) is 4.63. The second kappa shape index (κ2) is 8.10. The molecule has 0 aliphatic heterocycles. The number of ether oxygens (including phenoxy) is 2. The zero-order valence-electron chi connectivity index (χ0n) is 16.5. The van der Waals surface area contributed by atoms with Gasteiger partial charge in [0.1, 0.15) is 6.61 Å². The lowest BCUT2D eigenvalue weighted by molar-refractivity contribution is 0.282. The van der Waals surface area contributed by atoms with Gasteiger partial charge in [0.25, 0.3) is 0 Å². The molecule has 0 saturated carbocycles. The summed E-state index contributed by atoms with van der Waals surface area (Å²) in [6.45, 7) is 4.29. The molecule has 0 radical (unpaired) electrons. The van der Waals surface area contributed by atoms with Crippen LogP contribution in [0.25, 0.3) is 22.5 Å². The van der Waals surface area contributed by atoms with Gasteiger partial charge in [0, 0.05) is 17.3 Å². The standard InChI is InChI=1S/C22H21N5O2/c1-14-12-20(21(28-3)15(2)23-14)29-13-16-8-10-17(11-9-16)18-6-4-5-7-19(18)22-24-26-27-25-22/h4-12H,13H2,1-3H3,(H,24,25,26,27). The Balaban J connectivity index is 1.55. The van der Waals surface area contributed by atoms with E-state index in [1.54, 1.807) is 7.11 Å². The first kappa shape index (κ1) is 18.6. The SMILES string of the molecule is COc1c(OCc2ccc(-c3ccccc3-c3nnn[nH]3)cc2)cc(C)nc1C. The molecule has 0 aliphatic carbocycles. The van der Waals surface area contributed by atoms with Crippen molar-refractivity contribution in [1.82, 2.24) is 25.6 Å². The van der Waals surface area contributed by atoms with Gasteiger partial charge in [-0.1, -0.05) is 48.5 Å². The van der Waals surface area contributed by atoms with Crippen LogP contribution < -0.4 is 9.47 Å². The van der Waals surface area contributed by atoms with Gasteiger partial charge in [-0.25, -0.2) is 5.10 Å². The van der Waals surface area contributed by atoms with Crippen LogP contribution in [0.15, 0.2) is 54.6 Å². The summed E-state index contributed by atoms with van der Waals surface area (Å²) in [7, 11) is 1.63. The first-order valence-corrected chi connectivity index (χ1v) is 9.23. The van der Waals surface area contributed by atoms with Crippen LogP contribution in [0.2, 0.25) is 0 Å². The highest BCUT2D eigenvalue weighted by Crippen LogP contribution is 2.32. The van der Waals surface area contributed by atoms with Crippen LogP contribution in [0.3, 0.4) is 0 Å². The molecule has 0 atom stereocenters. The molecule has 29 heavy (non-hydrogen) atoms. The summed E-state index contributed by atoms with van der Waals surface area (Å²) in [6, 6.07) is 18.2. The topological polar surface area (TPSA) is 85.8 Å². The van der Waals surface area contributed by atoms with Crippen LogP contribution in [0, 0.1) is 13.8 Å². The minimum atomic E-state index is 0.438. The Morgan fingerprint density at radius 1 is 0.966 bits per heavy atom. The molecule has 7 heteroatoms. The summed E-state index contributed by atoms with van der Waals surface area (Å²) in [4.78, 5) is 4.41. The van der Waals surface area contributed by atoms with Gasteiger partial charge in [-0.15, -0.1) is 5.10 Å². The monoisotopic (exact) mass is 387 g/mol. The summed E-state index contributed by atoms with van der Waals surface area (Å²) in [5.41, 5.74) is 5.86. The van der Waals surface area contributed by atoms with Crippen LogP contribution in [0.1, 0.15) is 17.0 Å². The number of pyridine rings is 1. The van der Waals surface area contributed by atoms with Gasteiger partial charge < -0.3 is 9.47 Å². The van der Waals surface area contributed by atoms with Crippen LogP contribution >= 0.6 is 0 Å². The number of methoxy groups -OCH3 is 1. The lowest BCUT2D eigenvalue weighted by Crippen LogP contribution is -2.01. The Hall–Kier alpha value is -3.74. The van der Waals surface area contributed by atoms with Crippen molar-refractivity contribution in [1.29, 1.82) is 0 Å². The fourth-order valence-corrected chi connectivity index (χ4v) is 3.29. The van der Waals surface area contributed by atoms with E-state index in [0.29, 0.717) is 23.9 Å². The second-order valence-electron chi connectivity index (χ2n) is 6.66. The molecule has 0 spiro atoms. The van der Waals surface area contributed by atoms with Gasteiger partial charge in [-0.05, 0) is 41.0 Å². The number of nitrogens with zero attached hydrogens (tertiary/aromatic N) is 4. The first-order chi connectivity index (χ1) is 14.2. The minimum absolute atomic E-state index is 0.438. The molecule has 7 nitrogen and oxygen atoms in total. The number of aromatic amines is 1. The van der Waals surface area contributed by atoms with E-state index < -0.39 is 0 Å². The zero-order valence-corrected chi connectivity index (χ0v) is 16.5. The molecule has 0 amide bonds. The Bertz CT molecular complexity index is 1110. The molecule has 1 N–H and O–H groups in total. The summed E-state index contributed by atoms with van der Waals surface area (Å²) < 4.78 is 11.4. The number of aryl methyl sites for hydroxylation is 2. The van der Waals surface area contributed by atoms with E-state index in [9.17, 15) is 0 Å². The van der Waals surface area contributed by atoms with Crippen molar-refractivity contribution in [3.8, 4) is 34.0 Å². The van der Waals surface area contributed by atoms with Crippen molar-refractivity contribution in [2.24, 2.45) is 0 Å². The van der Waals surface area contributed by atoms with Gasteiger partial charge in [0.15, 0.2) is 17.3 Å².